The molecular weight excluding hydrogens is 192 g/mol. The van der Waals surface area contributed by atoms with E-state index in [1.54, 1.807) is 18.7 Å². The Balaban J connectivity index is 2.16. The van der Waals surface area contributed by atoms with Crippen molar-refractivity contribution in [2.75, 3.05) is 5.75 Å². The Kier molecular flexibility index (Phi) is 3.44. The van der Waals surface area contributed by atoms with Crippen molar-refractivity contribution in [1.82, 2.24) is 9.55 Å². The molecule has 74 valence electrons. The lowest BCUT2D eigenvalue weighted by molar-refractivity contribution is 0.459. The summed E-state index contributed by atoms with van der Waals surface area (Å²) in [5.41, 5.74) is 0. The van der Waals surface area contributed by atoms with Gasteiger partial charge in [0.25, 0.3) is 0 Å². The fourth-order valence-electron chi connectivity index (χ4n) is 0.992. The monoisotopic (exact) mass is 203 g/mol. The Bertz CT molecular complexity index is 331. The van der Waals surface area contributed by atoms with Crippen molar-refractivity contribution in [1.29, 1.82) is 0 Å². The van der Waals surface area contributed by atoms with Crippen molar-refractivity contribution < 1.29 is 13.0 Å². The first-order chi connectivity index (χ1) is 6.08. The fourth-order valence-corrected chi connectivity index (χ4v) is 1.55. The largest absolute Gasteiger partial charge is 0.748 e. The number of imidazole rings is 1. The van der Waals surface area contributed by atoms with E-state index >= 15 is 0 Å². The molecule has 5 nitrogen and oxygen atoms in total. The minimum absolute atomic E-state index is 0.276. The van der Waals surface area contributed by atoms with E-state index in [1.807, 2.05) is 4.57 Å². The lowest BCUT2D eigenvalue weighted by Gasteiger charge is -2.06. The van der Waals surface area contributed by atoms with Crippen molar-refractivity contribution in [2.24, 2.45) is 0 Å². The summed E-state index contributed by atoms with van der Waals surface area (Å²) < 4.78 is 32.5. The molecule has 0 fully saturated rings. The van der Waals surface area contributed by atoms with E-state index in [9.17, 15) is 13.0 Å². The van der Waals surface area contributed by atoms with E-state index < -0.39 is 10.1 Å². The van der Waals surface area contributed by atoms with Crippen LogP contribution in [0.25, 0.3) is 0 Å². The molecule has 0 saturated carbocycles. The van der Waals surface area contributed by atoms with Crippen molar-refractivity contribution in [3.63, 3.8) is 0 Å². The maximum atomic E-state index is 10.2. The molecule has 0 radical (unpaired) electrons. The molecule has 13 heavy (non-hydrogen) atoms. The molecule has 0 aromatic carbocycles. The highest BCUT2D eigenvalue weighted by molar-refractivity contribution is 7.85. The fraction of sp³-hybridized carbons (Fsp3) is 0.571. The van der Waals surface area contributed by atoms with Crippen molar-refractivity contribution in [2.45, 2.75) is 19.4 Å². The van der Waals surface area contributed by atoms with Gasteiger partial charge < -0.3 is 9.12 Å². The number of aromatic nitrogens is 2. The van der Waals surface area contributed by atoms with E-state index in [-0.39, 0.29) is 5.75 Å². The van der Waals surface area contributed by atoms with Gasteiger partial charge in [0, 0.05) is 24.7 Å². The second-order valence-electron chi connectivity index (χ2n) is 2.77. The van der Waals surface area contributed by atoms with Crippen LogP contribution >= 0.6 is 0 Å². The summed E-state index contributed by atoms with van der Waals surface area (Å²) in [6.45, 7) is 0.704. The smallest absolute Gasteiger partial charge is 0.0945 e. The SMILES string of the molecule is O=S(=O)([O-])CCCCn1ccnc1. The van der Waals surface area contributed by atoms with Gasteiger partial charge >= 0.3 is 0 Å². The van der Waals surface area contributed by atoms with Crippen LogP contribution in [0.2, 0.25) is 0 Å². The summed E-state index contributed by atoms with van der Waals surface area (Å²) >= 11 is 0. The van der Waals surface area contributed by atoms with Crippen LogP contribution in [0.4, 0.5) is 0 Å². The van der Waals surface area contributed by atoms with E-state index in [0.29, 0.717) is 19.4 Å². The molecule has 0 aliphatic carbocycles. The van der Waals surface area contributed by atoms with E-state index in [2.05, 4.69) is 4.98 Å². The predicted molar refractivity (Wildman–Crippen MR) is 46.0 cm³/mol. The van der Waals surface area contributed by atoms with Gasteiger partial charge in [-0.1, -0.05) is 0 Å². The zero-order valence-electron chi connectivity index (χ0n) is 7.09. The minimum atomic E-state index is -4.04. The van der Waals surface area contributed by atoms with Gasteiger partial charge in [0.1, 0.15) is 0 Å². The van der Waals surface area contributed by atoms with Crippen molar-refractivity contribution in [3.8, 4) is 0 Å². The van der Waals surface area contributed by atoms with Gasteiger partial charge in [-0.05, 0) is 12.8 Å². The van der Waals surface area contributed by atoms with Crippen LogP contribution < -0.4 is 0 Å². The van der Waals surface area contributed by atoms with Gasteiger partial charge in [0.05, 0.1) is 16.4 Å². The summed E-state index contributed by atoms with van der Waals surface area (Å²) in [6.07, 6.45) is 6.20. The van der Waals surface area contributed by atoms with Gasteiger partial charge in [-0.3, -0.25) is 0 Å². The third-order valence-corrected chi connectivity index (χ3v) is 2.41. The van der Waals surface area contributed by atoms with Crippen LogP contribution in [0.15, 0.2) is 18.7 Å². The van der Waals surface area contributed by atoms with Crippen LogP contribution in [0, 0.1) is 0 Å². The predicted octanol–water partition coefficient (Wildman–Crippen LogP) is 0.208. The molecule has 1 aromatic rings. The lowest BCUT2D eigenvalue weighted by atomic mass is 10.3. The molecule has 1 aromatic heterocycles. The molecule has 0 aliphatic heterocycles. The van der Waals surface area contributed by atoms with Crippen LogP contribution in [0.3, 0.4) is 0 Å². The maximum Gasteiger partial charge on any atom is 0.0945 e. The number of aryl methyl sites for hydroxylation is 1. The van der Waals surface area contributed by atoms with E-state index in [0.717, 1.165) is 0 Å². The highest BCUT2D eigenvalue weighted by atomic mass is 32.2. The third kappa shape index (κ3) is 4.64. The second kappa shape index (κ2) is 4.38. The minimum Gasteiger partial charge on any atom is -0.748 e. The van der Waals surface area contributed by atoms with E-state index in [1.165, 1.54) is 0 Å². The van der Waals surface area contributed by atoms with Crippen molar-refractivity contribution in [3.05, 3.63) is 18.7 Å². The van der Waals surface area contributed by atoms with E-state index in [4.69, 9.17) is 0 Å². The average Bonchev–Trinajstić information content (AvgIpc) is 2.48. The number of unbranched alkanes of at least 4 members (excludes halogenated alkanes) is 1. The molecule has 0 spiro atoms. The zero-order chi connectivity index (χ0) is 9.73. The molecule has 0 aliphatic rings. The number of hydrogen-bond acceptors (Lipinski definition) is 4. The molecule has 1 rings (SSSR count). The standard InChI is InChI=1S/C7H12N2O3S/c10-13(11,12)6-2-1-4-9-5-3-8-7-9/h3,5,7H,1-2,4,6H2,(H,10,11,12)/p-1. The molecule has 0 unspecified atom stereocenters. The zero-order valence-corrected chi connectivity index (χ0v) is 7.90. The normalized spacial score (nSPS) is 11.8. The average molecular weight is 203 g/mol. The van der Waals surface area contributed by atoms with Gasteiger partial charge in [-0.2, -0.15) is 0 Å². The Morgan fingerprint density at radius 1 is 1.38 bits per heavy atom. The van der Waals surface area contributed by atoms with Crippen LogP contribution in [0.5, 0.6) is 0 Å². The summed E-state index contributed by atoms with van der Waals surface area (Å²) in [6, 6.07) is 0. The highest BCUT2D eigenvalue weighted by Gasteiger charge is 1.95. The van der Waals surface area contributed by atoms with Crippen LogP contribution in [-0.2, 0) is 16.7 Å². The topological polar surface area (TPSA) is 75.0 Å². The second-order valence-corrected chi connectivity index (χ2v) is 4.29. The summed E-state index contributed by atoms with van der Waals surface area (Å²) in [5, 5.41) is 0. The Hall–Kier alpha value is -0.880. The first-order valence-electron chi connectivity index (χ1n) is 3.97. The van der Waals surface area contributed by atoms with Gasteiger partial charge in [0.2, 0.25) is 0 Å². The summed E-state index contributed by atoms with van der Waals surface area (Å²) in [5.74, 6) is -0.276. The molecule has 0 bridgehead atoms. The number of hydrogen-bond donors (Lipinski definition) is 0. The summed E-state index contributed by atoms with van der Waals surface area (Å²) in [7, 11) is -4.04. The molecule has 0 N–H and O–H groups in total. The van der Waals surface area contributed by atoms with Gasteiger partial charge in [0.15, 0.2) is 0 Å². The maximum absolute atomic E-state index is 10.2. The first-order valence-corrected chi connectivity index (χ1v) is 5.55. The number of nitrogens with zero attached hydrogens (tertiary/aromatic N) is 2. The molecule has 6 heteroatoms. The first kappa shape index (κ1) is 10.2. The quantitative estimate of drug-likeness (QED) is 0.506. The van der Waals surface area contributed by atoms with Crippen LogP contribution in [0.1, 0.15) is 12.8 Å². The Labute approximate surface area is 77.2 Å². The Morgan fingerprint density at radius 2 is 2.15 bits per heavy atom. The van der Waals surface area contributed by atoms with Crippen LogP contribution in [-0.4, -0.2) is 28.3 Å². The van der Waals surface area contributed by atoms with Crippen molar-refractivity contribution >= 4 is 10.1 Å². The van der Waals surface area contributed by atoms with Gasteiger partial charge in [-0.15, -0.1) is 0 Å². The molecule has 0 atom stereocenters. The highest BCUT2D eigenvalue weighted by Crippen LogP contribution is 1.97. The summed E-state index contributed by atoms with van der Waals surface area (Å²) in [4.78, 5) is 3.83. The third-order valence-electron chi connectivity index (χ3n) is 1.62. The lowest BCUT2D eigenvalue weighted by Crippen LogP contribution is -2.05. The molecule has 0 amide bonds. The molecule has 1 heterocycles. The Morgan fingerprint density at radius 3 is 2.69 bits per heavy atom. The number of rotatable bonds is 5. The van der Waals surface area contributed by atoms with Gasteiger partial charge in [-0.25, -0.2) is 13.4 Å². The molecule has 0 saturated heterocycles. The molecular formula is C7H11N2O3S-.